The van der Waals surface area contributed by atoms with Crippen molar-refractivity contribution in [3.63, 3.8) is 0 Å². The van der Waals surface area contributed by atoms with Crippen LogP contribution in [0.4, 0.5) is 11.9 Å². The third-order valence-electron chi connectivity index (χ3n) is 3.90. The fourth-order valence-corrected chi connectivity index (χ4v) is 1.46. The fourth-order valence-electron chi connectivity index (χ4n) is 1.30. The number of rotatable bonds is 4. The van der Waals surface area contributed by atoms with E-state index in [9.17, 15) is 0 Å². The lowest BCUT2D eigenvalue weighted by Crippen LogP contribution is -2.33. The van der Waals surface area contributed by atoms with Crippen LogP contribution in [0.15, 0.2) is 0 Å². The summed E-state index contributed by atoms with van der Waals surface area (Å²) < 4.78 is 0. The molecule has 0 radical (unpaired) electrons. The van der Waals surface area contributed by atoms with Crippen LogP contribution in [0.25, 0.3) is 0 Å². The lowest BCUT2D eigenvalue weighted by molar-refractivity contribution is 0.356. The summed E-state index contributed by atoms with van der Waals surface area (Å²) in [5.41, 5.74) is 0.205. The third-order valence-corrected chi connectivity index (χ3v) is 4.07. The summed E-state index contributed by atoms with van der Waals surface area (Å²) in [6.45, 7) is 17.2. The number of hydrogen-bond acceptors (Lipinski definition) is 5. The minimum Gasteiger partial charge on any atom is -0.351 e. The maximum atomic E-state index is 6.00. The molecule has 21 heavy (non-hydrogen) atoms. The second kappa shape index (κ2) is 6.34. The molecule has 2 atom stereocenters. The molecular weight excluding hydrogens is 286 g/mol. The number of aromatic nitrogens is 3. The van der Waals surface area contributed by atoms with Gasteiger partial charge in [-0.15, -0.1) is 0 Å². The molecule has 2 N–H and O–H groups in total. The molecule has 0 spiro atoms. The highest BCUT2D eigenvalue weighted by molar-refractivity contribution is 6.28. The van der Waals surface area contributed by atoms with Crippen molar-refractivity contribution in [2.75, 3.05) is 10.6 Å². The molecule has 1 rings (SSSR count). The molecule has 1 aromatic rings. The number of anilines is 2. The van der Waals surface area contributed by atoms with Gasteiger partial charge in [0.1, 0.15) is 0 Å². The summed E-state index contributed by atoms with van der Waals surface area (Å²) >= 11 is 6.00. The fraction of sp³-hybridized carbons (Fsp3) is 0.800. The zero-order chi connectivity index (χ0) is 16.4. The molecule has 0 aliphatic carbocycles. The molecule has 0 aliphatic rings. The molecule has 0 amide bonds. The van der Waals surface area contributed by atoms with Gasteiger partial charge < -0.3 is 10.6 Å². The van der Waals surface area contributed by atoms with Gasteiger partial charge in [-0.05, 0) is 36.3 Å². The minimum atomic E-state index is 0.103. The number of hydrogen-bond donors (Lipinski definition) is 2. The third kappa shape index (κ3) is 5.65. The molecule has 0 fully saturated rings. The molecule has 0 saturated carbocycles. The predicted molar refractivity (Wildman–Crippen MR) is 89.9 cm³/mol. The van der Waals surface area contributed by atoms with Crippen molar-refractivity contribution in [3.05, 3.63) is 5.28 Å². The van der Waals surface area contributed by atoms with Crippen LogP contribution in [0.5, 0.6) is 0 Å². The maximum Gasteiger partial charge on any atom is 0.229 e. The van der Waals surface area contributed by atoms with Crippen molar-refractivity contribution < 1.29 is 0 Å². The number of nitrogens with one attached hydrogen (secondary N) is 2. The van der Waals surface area contributed by atoms with Crippen LogP contribution in [-0.4, -0.2) is 27.0 Å². The van der Waals surface area contributed by atoms with E-state index in [1.54, 1.807) is 0 Å². The molecular formula is C15H28ClN5. The Morgan fingerprint density at radius 1 is 0.762 bits per heavy atom. The molecule has 5 nitrogen and oxygen atoms in total. The Bertz CT molecular complexity index is 436. The summed E-state index contributed by atoms with van der Waals surface area (Å²) in [5, 5.41) is 6.77. The van der Waals surface area contributed by atoms with E-state index < -0.39 is 0 Å². The van der Waals surface area contributed by atoms with E-state index in [2.05, 4.69) is 81.0 Å². The van der Waals surface area contributed by atoms with Crippen LogP contribution in [0.2, 0.25) is 5.28 Å². The Labute approximate surface area is 133 Å². The quantitative estimate of drug-likeness (QED) is 0.871. The van der Waals surface area contributed by atoms with Gasteiger partial charge in [-0.3, -0.25) is 0 Å². The first-order chi connectivity index (χ1) is 9.39. The first kappa shape index (κ1) is 18.0. The molecule has 0 aromatic carbocycles. The van der Waals surface area contributed by atoms with Crippen molar-refractivity contribution in [1.29, 1.82) is 0 Å². The summed E-state index contributed by atoms with van der Waals surface area (Å²) in [6.07, 6.45) is 0. The molecule has 0 aliphatic heterocycles. The smallest absolute Gasteiger partial charge is 0.229 e. The van der Waals surface area contributed by atoms with Crippen molar-refractivity contribution in [2.45, 2.75) is 67.5 Å². The van der Waals surface area contributed by atoms with Gasteiger partial charge in [0.15, 0.2) is 0 Å². The van der Waals surface area contributed by atoms with E-state index in [-0.39, 0.29) is 28.2 Å². The summed E-state index contributed by atoms with van der Waals surface area (Å²) in [5.74, 6) is 1.00. The van der Waals surface area contributed by atoms with Gasteiger partial charge in [-0.25, -0.2) is 0 Å². The topological polar surface area (TPSA) is 62.7 Å². The van der Waals surface area contributed by atoms with Gasteiger partial charge in [-0.2, -0.15) is 15.0 Å². The van der Waals surface area contributed by atoms with Gasteiger partial charge in [0.25, 0.3) is 0 Å². The van der Waals surface area contributed by atoms with Gasteiger partial charge >= 0.3 is 0 Å². The lowest BCUT2D eigenvalue weighted by atomic mass is 9.88. The Balaban J connectivity index is 2.90. The van der Waals surface area contributed by atoms with Gasteiger partial charge in [-0.1, -0.05) is 41.5 Å². The molecule has 1 aromatic heterocycles. The number of halogens is 1. The highest BCUT2D eigenvalue weighted by Gasteiger charge is 2.23. The Morgan fingerprint density at radius 2 is 1.10 bits per heavy atom. The summed E-state index contributed by atoms with van der Waals surface area (Å²) in [4.78, 5) is 12.7. The van der Waals surface area contributed by atoms with Crippen LogP contribution in [0.3, 0.4) is 0 Å². The minimum absolute atomic E-state index is 0.103. The Hall–Kier alpha value is -1.10. The molecule has 6 heteroatoms. The highest BCUT2D eigenvalue weighted by atomic mass is 35.5. The van der Waals surface area contributed by atoms with Crippen LogP contribution in [0.1, 0.15) is 55.4 Å². The van der Waals surface area contributed by atoms with Crippen molar-refractivity contribution in [3.8, 4) is 0 Å². The molecule has 2 unspecified atom stereocenters. The van der Waals surface area contributed by atoms with E-state index in [1.165, 1.54) is 0 Å². The largest absolute Gasteiger partial charge is 0.351 e. The lowest BCUT2D eigenvalue weighted by Gasteiger charge is -2.29. The summed E-state index contributed by atoms with van der Waals surface area (Å²) in [6, 6.07) is 0.424. The standard InChI is InChI=1S/C15H28ClN5/c1-9(14(3,4)5)17-12-19-11(16)20-13(21-12)18-10(2)15(6,7)8/h9-10H,1-8H3,(H2,17,18,19,20,21). The van der Waals surface area contributed by atoms with Crippen molar-refractivity contribution >= 4 is 23.5 Å². The second-order valence-corrected chi connectivity index (χ2v) is 8.05. The average Bonchev–Trinajstić information content (AvgIpc) is 2.25. The van der Waals surface area contributed by atoms with Crippen LogP contribution < -0.4 is 10.6 Å². The zero-order valence-electron chi connectivity index (χ0n) is 14.4. The van der Waals surface area contributed by atoms with Crippen LogP contribution in [0, 0.1) is 10.8 Å². The predicted octanol–water partition coefficient (Wildman–Crippen LogP) is 4.22. The Kier molecular flexibility index (Phi) is 5.42. The molecule has 1 heterocycles. The van der Waals surface area contributed by atoms with E-state index in [1.807, 2.05) is 0 Å². The zero-order valence-corrected chi connectivity index (χ0v) is 15.1. The number of nitrogens with zero attached hydrogens (tertiary/aromatic N) is 3. The van der Waals surface area contributed by atoms with Gasteiger partial charge in [0.05, 0.1) is 0 Å². The molecule has 0 bridgehead atoms. The van der Waals surface area contributed by atoms with E-state index in [4.69, 9.17) is 11.6 Å². The highest BCUT2D eigenvalue weighted by Crippen LogP contribution is 2.24. The molecule has 0 saturated heterocycles. The van der Waals surface area contributed by atoms with E-state index in [0.717, 1.165) is 0 Å². The Morgan fingerprint density at radius 3 is 1.38 bits per heavy atom. The normalized spacial score (nSPS) is 15.5. The second-order valence-electron chi connectivity index (χ2n) is 7.72. The SMILES string of the molecule is CC(Nc1nc(Cl)nc(NC(C)C(C)(C)C)n1)C(C)(C)C. The van der Waals surface area contributed by atoms with E-state index >= 15 is 0 Å². The van der Waals surface area contributed by atoms with Crippen molar-refractivity contribution in [1.82, 2.24) is 15.0 Å². The van der Waals surface area contributed by atoms with E-state index in [0.29, 0.717) is 11.9 Å². The van der Waals surface area contributed by atoms with Crippen LogP contribution in [-0.2, 0) is 0 Å². The first-order valence-electron chi connectivity index (χ1n) is 7.34. The average molecular weight is 314 g/mol. The maximum absolute atomic E-state index is 6.00. The molecule has 120 valence electrons. The van der Waals surface area contributed by atoms with Crippen molar-refractivity contribution in [2.24, 2.45) is 10.8 Å². The van der Waals surface area contributed by atoms with Crippen LogP contribution >= 0.6 is 11.6 Å². The summed E-state index contributed by atoms with van der Waals surface area (Å²) in [7, 11) is 0. The van der Waals surface area contributed by atoms with Gasteiger partial charge in [0, 0.05) is 12.1 Å². The monoisotopic (exact) mass is 313 g/mol. The first-order valence-corrected chi connectivity index (χ1v) is 7.72. The van der Waals surface area contributed by atoms with Gasteiger partial charge in [0.2, 0.25) is 17.2 Å².